The molecule has 0 radical (unpaired) electrons. The van der Waals surface area contributed by atoms with E-state index in [1.165, 1.54) is 22.5 Å². The molecule has 9 heteroatoms. The number of hydrogen-bond acceptors (Lipinski definition) is 9. The first-order valence-electron chi connectivity index (χ1n) is 13.6. The van der Waals surface area contributed by atoms with E-state index >= 15 is 0 Å². The summed E-state index contributed by atoms with van der Waals surface area (Å²) in [4.78, 5) is 4.91. The van der Waals surface area contributed by atoms with Crippen LogP contribution in [0.25, 0.3) is 0 Å². The molecule has 4 saturated heterocycles. The molecule has 37 heavy (non-hydrogen) atoms. The van der Waals surface area contributed by atoms with Crippen molar-refractivity contribution < 1.29 is 23.7 Å². The van der Waals surface area contributed by atoms with Crippen LogP contribution in [0.3, 0.4) is 0 Å². The van der Waals surface area contributed by atoms with Crippen molar-refractivity contribution in [3.05, 3.63) is 47.5 Å². The van der Waals surface area contributed by atoms with Gasteiger partial charge in [0, 0.05) is 76.6 Å². The van der Waals surface area contributed by atoms with E-state index in [1.807, 2.05) is 0 Å². The van der Waals surface area contributed by atoms with E-state index in [2.05, 4.69) is 56.8 Å². The van der Waals surface area contributed by atoms with Crippen molar-refractivity contribution >= 4 is 11.4 Å². The lowest BCUT2D eigenvalue weighted by molar-refractivity contribution is 0.0468. The Morgan fingerprint density at radius 1 is 0.676 bits per heavy atom. The molecule has 0 saturated carbocycles. The minimum absolute atomic E-state index is 0.0791. The molecule has 0 spiro atoms. The molecule has 4 fully saturated rings. The maximum Gasteiger partial charge on any atom is 0.147 e. The smallest absolute Gasteiger partial charge is 0.147 e. The first-order chi connectivity index (χ1) is 18.3. The lowest BCUT2D eigenvalue weighted by Gasteiger charge is -2.32. The molecule has 2 N–H and O–H groups in total. The standard InChI is InChI=1S/C28H38N4O5/c1-3-27(31-9-5-29-6-10-31)21(15-25-17-33-19-35-25)13-23(1)37-24-2-4-28(32-11-7-30-8-12-32)22(14-24)16-26-18-34-20-36-26/h1-4,13-14,25-26,29-30H,5-12,15-20H2. The molecule has 200 valence electrons. The zero-order chi connectivity index (χ0) is 24.9. The number of anilines is 2. The lowest BCUT2D eigenvalue weighted by Crippen LogP contribution is -2.44. The molecule has 4 heterocycles. The highest BCUT2D eigenvalue weighted by Crippen LogP contribution is 2.34. The molecule has 9 nitrogen and oxygen atoms in total. The van der Waals surface area contributed by atoms with Crippen molar-refractivity contribution in [3.63, 3.8) is 0 Å². The molecule has 0 bridgehead atoms. The molecule has 6 rings (SSSR count). The highest BCUT2D eigenvalue weighted by Gasteiger charge is 2.23. The van der Waals surface area contributed by atoms with Gasteiger partial charge in [0.1, 0.15) is 25.1 Å². The van der Waals surface area contributed by atoms with E-state index in [-0.39, 0.29) is 12.2 Å². The molecular weight excluding hydrogens is 472 g/mol. The molecule has 4 aliphatic heterocycles. The summed E-state index contributed by atoms with van der Waals surface area (Å²) in [5.74, 6) is 1.68. The summed E-state index contributed by atoms with van der Waals surface area (Å²) in [5, 5.41) is 6.89. The predicted octanol–water partition coefficient (Wildman–Crippen LogP) is 2.13. The molecule has 2 aromatic carbocycles. The Balaban J connectivity index is 1.25. The van der Waals surface area contributed by atoms with E-state index in [9.17, 15) is 0 Å². The lowest BCUT2D eigenvalue weighted by atomic mass is 10.0. The van der Waals surface area contributed by atoms with Crippen LogP contribution in [0.4, 0.5) is 11.4 Å². The van der Waals surface area contributed by atoms with Crippen LogP contribution in [0.1, 0.15) is 11.1 Å². The largest absolute Gasteiger partial charge is 0.457 e. The number of nitrogens with one attached hydrogen (secondary N) is 2. The van der Waals surface area contributed by atoms with Crippen molar-refractivity contribution in [2.24, 2.45) is 0 Å². The fraction of sp³-hybridized carbons (Fsp3) is 0.571. The quantitative estimate of drug-likeness (QED) is 0.555. The predicted molar refractivity (Wildman–Crippen MR) is 142 cm³/mol. The number of piperazine rings is 2. The minimum Gasteiger partial charge on any atom is -0.457 e. The maximum absolute atomic E-state index is 6.47. The van der Waals surface area contributed by atoms with Gasteiger partial charge < -0.3 is 44.1 Å². The van der Waals surface area contributed by atoms with E-state index in [0.717, 1.165) is 76.7 Å². The third-order valence-corrected chi connectivity index (χ3v) is 7.53. The van der Waals surface area contributed by atoms with Crippen LogP contribution in [0.5, 0.6) is 11.5 Å². The summed E-state index contributed by atoms with van der Waals surface area (Å²) in [6.45, 7) is 10.0. The monoisotopic (exact) mass is 510 g/mol. The van der Waals surface area contributed by atoms with Crippen LogP contribution in [-0.2, 0) is 31.8 Å². The fourth-order valence-corrected chi connectivity index (χ4v) is 5.61. The normalized spacial score (nSPS) is 24.5. The highest BCUT2D eigenvalue weighted by molar-refractivity contribution is 5.59. The van der Waals surface area contributed by atoms with Gasteiger partial charge in [-0.1, -0.05) is 0 Å². The summed E-state index contributed by atoms with van der Waals surface area (Å²) in [6, 6.07) is 12.9. The zero-order valence-corrected chi connectivity index (χ0v) is 21.5. The van der Waals surface area contributed by atoms with Crippen LogP contribution >= 0.6 is 0 Å². The summed E-state index contributed by atoms with van der Waals surface area (Å²) in [6.07, 6.45) is 1.77. The Bertz CT molecular complexity index is 948. The van der Waals surface area contributed by atoms with Gasteiger partial charge >= 0.3 is 0 Å². The van der Waals surface area contributed by atoms with Crippen LogP contribution in [0, 0.1) is 0 Å². The number of nitrogens with zero attached hydrogens (tertiary/aromatic N) is 2. The van der Waals surface area contributed by atoms with Gasteiger partial charge in [-0.3, -0.25) is 0 Å². The van der Waals surface area contributed by atoms with Gasteiger partial charge in [0.2, 0.25) is 0 Å². The average molecular weight is 511 g/mol. The van der Waals surface area contributed by atoms with Gasteiger partial charge in [-0.2, -0.15) is 0 Å². The van der Waals surface area contributed by atoms with Crippen molar-refractivity contribution in [3.8, 4) is 11.5 Å². The van der Waals surface area contributed by atoms with Crippen LogP contribution in [0.2, 0.25) is 0 Å². The third-order valence-electron chi connectivity index (χ3n) is 7.53. The fourth-order valence-electron chi connectivity index (χ4n) is 5.61. The maximum atomic E-state index is 6.47. The van der Waals surface area contributed by atoms with Gasteiger partial charge in [-0.05, 0) is 47.5 Å². The Kier molecular flexibility index (Phi) is 8.06. The Morgan fingerprint density at radius 2 is 1.14 bits per heavy atom. The van der Waals surface area contributed by atoms with Crippen molar-refractivity contribution in [1.82, 2.24) is 10.6 Å². The molecule has 2 atom stereocenters. The second-order valence-corrected chi connectivity index (χ2v) is 10.1. The van der Waals surface area contributed by atoms with Gasteiger partial charge in [0.15, 0.2) is 0 Å². The van der Waals surface area contributed by atoms with E-state index < -0.39 is 0 Å². The first-order valence-corrected chi connectivity index (χ1v) is 13.6. The van der Waals surface area contributed by atoms with E-state index in [0.29, 0.717) is 26.8 Å². The SMILES string of the molecule is c1cc(N2CCNCC2)c(CC2COCO2)cc1Oc1ccc(N2CCNCC2)c(CC2COCO2)c1. The van der Waals surface area contributed by atoms with E-state index in [1.54, 1.807) is 0 Å². The number of benzene rings is 2. The van der Waals surface area contributed by atoms with Gasteiger partial charge in [-0.25, -0.2) is 0 Å². The second kappa shape index (κ2) is 12.0. The van der Waals surface area contributed by atoms with Crippen molar-refractivity contribution in [2.75, 3.05) is 89.0 Å². The number of rotatable bonds is 8. The van der Waals surface area contributed by atoms with Gasteiger partial charge in [0.05, 0.1) is 25.4 Å². The number of ether oxygens (including phenoxy) is 5. The molecular formula is C28H38N4O5. The molecule has 2 unspecified atom stereocenters. The van der Waals surface area contributed by atoms with Crippen molar-refractivity contribution in [2.45, 2.75) is 25.0 Å². The van der Waals surface area contributed by atoms with Gasteiger partial charge in [-0.15, -0.1) is 0 Å². The van der Waals surface area contributed by atoms with E-state index in [4.69, 9.17) is 23.7 Å². The molecule has 0 aromatic heterocycles. The first kappa shape index (κ1) is 24.9. The second-order valence-electron chi connectivity index (χ2n) is 10.1. The Morgan fingerprint density at radius 3 is 1.54 bits per heavy atom. The number of hydrogen-bond donors (Lipinski definition) is 2. The van der Waals surface area contributed by atoms with Crippen LogP contribution in [0.15, 0.2) is 36.4 Å². The summed E-state index contributed by atoms with van der Waals surface area (Å²) in [5.41, 5.74) is 5.00. The summed E-state index contributed by atoms with van der Waals surface area (Å²) >= 11 is 0. The molecule has 2 aromatic rings. The Labute approximate surface area is 218 Å². The minimum atomic E-state index is 0.0791. The molecule has 4 aliphatic rings. The van der Waals surface area contributed by atoms with Crippen molar-refractivity contribution in [1.29, 1.82) is 0 Å². The molecule has 0 amide bonds. The molecule has 0 aliphatic carbocycles. The Hall–Kier alpha value is -2.40. The third kappa shape index (κ3) is 6.19. The topological polar surface area (TPSA) is 76.7 Å². The van der Waals surface area contributed by atoms with Crippen LogP contribution < -0.4 is 25.2 Å². The average Bonchev–Trinajstić information content (AvgIpc) is 3.65. The summed E-state index contributed by atoms with van der Waals surface area (Å²) < 4.78 is 29.0. The van der Waals surface area contributed by atoms with Gasteiger partial charge in [0.25, 0.3) is 0 Å². The summed E-state index contributed by atoms with van der Waals surface area (Å²) in [7, 11) is 0. The highest BCUT2D eigenvalue weighted by atomic mass is 16.7. The zero-order valence-electron chi connectivity index (χ0n) is 21.5. The van der Waals surface area contributed by atoms with Crippen LogP contribution in [-0.4, -0.2) is 91.4 Å².